The van der Waals surface area contributed by atoms with Crippen molar-refractivity contribution in [3.63, 3.8) is 0 Å². The SMILES string of the molecule is [B]c1c([B])c([B])c(-c2nc(-c3c([B])c([B])c([B])c([B])c3[B])nc(-c3cc(-c4ccc5ccc(-n6c7ccccc7c7cc8ccccc8cc76)cc5c4)cc4oc5ccccc5c34)n2)c([B])c1[B]. The Balaban J connectivity index is 1.10. The van der Waals surface area contributed by atoms with E-state index in [2.05, 4.69) is 102 Å². The molecule has 0 aliphatic rings. The molecule has 0 amide bonds. The van der Waals surface area contributed by atoms with Crippen molar-refractivity contribution in [2.45, 2.75) is 0 Å². The molecule has 68 heavy (non-hydrogen) atoms. The molecule has 0 N–H and O–H groups in total. The second kappa shape index (κ2) is 15.7. The Morgan fingerprint density at radius 3 is 1.56 bits per heavy atom. The first kappa shape index (κ1) is 42.1. The molecular weight excluding hydrogens is 817 g/mol. The number of hydrogen-bond donors (Lipinski definition) is 0. The van der Waals surface area contributed by atoms with Crippen LogP contribution in [0.25, 0.3) is 116 Å². The van der Waals surface area contributed by atoms with Gasteiger partial charge in [0.2, 0.25) is 0 Å². The lowest BCUT2D eigenvalue weighted by Gasteiger charge is -2.23. The minimum Gasteiger partial charge on any atom is -0.456 e. The molecule has 12 rings (SSSR count). The highest BCUT2D eigenvalue weighted by atomic mass is 16.3. The number of fused-ring (bicyclic) bond motifs is 8. The highest BCUT2D eigenvalue weighted by Crippen LogP contribution is 2.41. The van der Waals surface area contributed by atoms with Crippen LogP contribution in [0.5, 0.6) is 0 Å². The zero-order valence-electron chi connectivity index (χ0n) is 36.2. The van der Waals surface area contributed by atoms with E-state index >= 15 is 0 Å². The van der Waals surface area contributed by atoms with Gasteiger partial charge in [0, 0.05) is 43.9 Å². The first-order valence-corrected chi connectivity index (χ1v) is 21.6. The maximum absolute atomic E-state index is 6.64. The van der Waals surface area contributed by atoms with Crippen molar-refractivity contribution in [3.8, 4) is 51.0 Å². The van der Waals surface area contributed by atoms with E-state index in [-0.39, 0.29) is 83.2 Å². The van der Waals surface area contributed by atoms with Crippen molar-refractivity contribution in [2.24, 2.45) is 0 Å². The van der Waals surface area contributed by atoms with Gasteiger partial charge >= 0.3 is 0 Å². The molecule has 0 aliphatic carbocycles. The number of aromatic nitrogens is 4. The van der Waals surface area contributed by atoms with Crippen molar-refractivity contribution < 1.29 is 4.42 Å². The zero-order valence-corrected chi connectivity index (χ0v) is 36.2. The summed E-state index contributed by atoms with van der Waals surface area (Å²) in [6.07, 6.45) is 0. The van der Waals surface area contributed by atoms with E-state index in [4.69, 9.17) is 97.8 Å². The molecule has 0 fully saturated rings. The molecule has 3 aromatic heterocycles. The van der Waals surface area contributed by atoms with Gasteiger partial charge < -0.3 is 8.98 Å². The molecule has 12 aromatic rings. The van der Waals surface area contributed by atoms with E-state index in [0.717, 1.165) is 49.4 Å². The largest absolute Gasteiger partial charge is 0.456 e. The minimum absolute atomic E-state index is 0.00573. The molecule has 20 radical (unpaired) electrons. The van der Waals surface area contributed by atoms with Crippen LogP contribution in [-0.4, -0.2) is 98.0 Å². The first-order valence-electron chi connectivity index (χ1n) is 21.6. The van der Waals surface area contributed by atoms with E-state index < -0.39 is 0 Å². The van der Waals surface area contributed by atoms with E-state index in [1.54, 1.807) is 0 Å². The van der Waals surface area contributed by atoms with Crippen LogP contribution in [0.2, 0.25) is 0 Å². The maximum Gasteiger partial charge on any atom is 0.164 e. The summed E-state index contributed by atoms with van der Waals surface area (Å²) in [5, 5.41) is 8.36. The van der Waals surface area contributed by atoms with Crippen molar-refractivity contribution in [3.05, 3.63) is 133 Å². The molecule has 0 unspecified atom stereocenters. The molecule has 290 valence electrons. The molecule has 9 aromatic carbocycles. The lowest BCUT2D eigenvalue weighted by molar-refractivity contribution is 0.669. The summed E-state index contributed by atoms with van der Waals surface area (Å²) in [6, 6.07) is 46.2. The number of furan rings is 1. The second-order valence-corrected chi connectivity index (χ2v) is 17.0. The minimum atomic E-state index is -0.00573. The second-order valence-electron chi connectivity index (χ2n) is 17.0. The average molecular weight is 839 g/mol. The fourth-order valence-electron chi connectivity index (χ4n) is 9.58. The topological polar surface area (TPSA) is 56.7 Å². The van der Waals surface area contributed by atoms with Gasteiger partial charge in [-0.15, -0.1) is 32.8 Å². The number of hydrogen-bond acceptors (Lipinski definition) is 4. The zero-order chi connectivity index (χ0) is 46.9. The lowest BCUT2D eigenvalue weighted by atomic mass is 9.60. The normalized spacial score (nSPS) is 11.8. The Labute approximate surface area is 404 Å². The summed E-state index contributed by atoms with van der Waals surface area (Å²) in [5.74, 6) is 0.161. The van der Waals surface area contributed by atoms with E-state index in [1.807, 2.05) is 36.4 Å². The van der Waals surface area contributed by atoms with Crippen LogP contribution in [0.15, 0.2) is 138 Å². The van der Waals surface area contributed by atoms with Gasteiger partial charge in [0.25, 0.3) is 0 Å². The number of rotatable bonds is 5. The van der Waals surface area contributed by atoms with Gasteiger partial charge in [0.05, 0.1) is 11.0 Å². The molecule has 0 saturated heterocycles. The molecule has 5 nitrogen and oxygen atoms in total. The van der Waals surface area contributed by atoms with Crippen molar-refractivity contribution in [1.82, 2.24) is 19.5 Å². The van der Waals surface area contributed by atoms with E-state index in [9.17, 15) is 0 Å². The number of nitrogens with zero attached hydrogens (tertiary/aromatic N) is 4. The van der Waals surface area contributed by atoms with E-state index in [0.29, 0.717) is 16.7 Å². The predicted octanol–water partition coefficient (Wildman–Crippen LogP) is 1.78. The average Bonchev–Trinajstić information content (AvgIpc) is 3.90. The van der Waals surface area contributed by atoms with Crippen LogP contribution in [-0.2, 0) is 0 Å². The molecule has 3 heterocycles. The smallest absolute Gasteiger partial charge is 0.164 e. The molecule has 15 heteroatoms. The van der Waals surface area contributed by atoms with Gasteiger partial charge in [-0.3, -0.25) is 0 Å². The van der Waals surface area contributed by atoms with Crippen LogP contribution in [0.4, 0.5) is 0 Å². The van der Waals surface area contributed by atoms with Gasteiger partial charge in [-0.1, -0.05) is 101 Å². The molecule has 0 bridgehead atoms. The molecule has 0 saturated carbocycles. The third kappa shape index (κ3) is 6.35. The third-order valence-corrected chi connectivity index (χ3v) is 13.2. The fourth-order valence-corrected chi connectivity index (χ4v) is 9.58. The Morgan fingerprint density at radius 2 is 0.897 bits per heavy atom. The molecule has 0 aliphatic heterocycles. The number of para-hydroxylation sites is 2. The summed E-state index contributed by atoms with van der Waals surface area (Å²) < 4.78 is 8.93. The Bertz CT molecular complexity index is 4040. The first-order chi connectivity index (χ1) is 32.9. The molecule has 0 spiro atoms. The highest BCUT2D eigenvalue weighted by molar-refractivity contribution is 6.70. The predicted molar refractivity (Wildman–Crippen MR) is 292 cm³/mol. The fraction of sp³-hybridized carbons (Fsp3) is 0. The van der Waals surface area contributed by atoms with Crippen molar-refractivity contribution in [1.29, 1.82) is 0 Å². The maximum atomic E-state index is 6.64. The summed E-state index contributed by atoms with van der Waals surface area (Å²) in [5.41, 5.74) is 7.13. The summed E-state index contributed by atoms with van der Waals surface area (Å²) in [4.78, 5) is 14.9. The summed E-state index contributed by atoms with van der Waals surface area (Å²) >= 11 is 0. The summed E-state index contributed by atoms with van der Waals surface area (Å²) in [7, 11) is 64.5. The van der Waals surface area contributed by atoms with Crippen LogP contribution < -0.4 is 54.6 Å². The van der Waals surface area contributed by atoms with Gasteiger partial charge in [-0.05, 0) is 87.3 Å². The van der Waals surface area contributed by atoms with Gasteiger partial charge in [0.15, 0.2) is 17.5 Å². The third-order valence-electron chi connectivity index (χ3n) is 13.2. The Hall–Kier alpha value is -7.24. The van der Waals surface area contributed by atoms with Crippen LogP contribution in [0.1, 0.15) is 0 Å². The van der Waals surface area contributed by atoms with Gasteiger partial charge in [-0.2, -0.15) is 0 Å². The Kier molecular flexibility index (Phi) is 9.71. The van der Waals surface area contributed by atoms with Gasteiger partial charge in [0.1, 0.15) is 89.6 Å². The summed E-state index contributed by atoms with van der Waals surface area (Å²) in [6.45, 7) is 0. The van der Waals surface area contributed by atoms with Crippen molar-refractivity contribution in [2.75, 3.05) is 0 Å². The quantitative estimate of drug-likeness (QED) is 0.249. The van der Waals surface area contributed by atoms with Crippen molar-refractivity contribution >= 4 is 198 Å². The monoisotopic (exact) mass is 840 g/mol. The molecule has 0 atom stereocenters. The standard InChI is InChI=1S/C53H22B10N4O/c54-41-39(42(55)46(59)49(62)45(41)58)52-64-51(65-53(66-52)40-43(56)47(60)50(63)48(61)44(40)57)33-20-28(22-37-38(33)31-10-4-6-12-36(31)68-37)26-14-13-23-15-16-29(18-27(23)17-26)67-34-11-5-3-9-30(34)32-19-24-7-1-2-8-25(24)21-35(32)67/h1-22H. The van der Waals surface area contributed by atoms with Gasteiger partial charge in [-0.25, -0.2) is 15.0 Å². The van der Waals surface area contributed by atoms with Crippen LogP contribution in [0, 0.1) is 0 Å². The van der Waals surface area contributed by atoms with E-state index in [1.165, 1.54) is 21.5 Å². The Morgan fingerprint density at radius 1 is 0.353 bits per heavy atom. The van der Waals surface area contributed by atoms with Crippen LogP contribution >= 0.6 is 0 Å². The lowest BCUT2D eigenvalue weighted by Crippen LogP contribution is -2.55. The highest BCUT2D eigenvalue weighted by Gasteiger charge is 2.24. The van der Waals surface area contributed by atoms with Crippen LogP contribution in [0.3, 0.4) is 0 Å². The number of benzene rings is 9. The molecular formula is C53H22B10N4O.